The van der Waals surface area contributed by atoms with Crippen molar-refractivity contribution in [3.63, 3.8) is 0 Å². The lowest BCUT2D eigenvalue weighted by Crippen LogP contribution is -3.11. The number of hydrogen-bond donors (Lipinski definition) is 3. The first kappa shape index (κ1) is 22.5. The quantitative estimate of drug-likeness (QED) is 0.565. The molecule has 3 N–H and O–H groups in total. The summed E-state index contributed by atoms with van der Waals surface area (Å²) in [5, 5.41) is 2.85. The lowest BCUT2D eigenvalue weighted by molar-refractivity contribution is -0.918. The summed E-state index contributed by atoms with van der Waals surface area (Å²) >= 11 is 0. The van der Waals surface area contributed by atoms with Crippen LogP contribution in [0, 0.1) is 6.92 Å². The van der Waals surface area contributed by atoms with E-state index < -0.39 is 10.0 Å². The number of quaternary nitrogens is 1. The van der Waals surface area contributed by atoms with Crippen molar-refractivity contribution in [2.75, 3.05) is 19.6 Å². The molecule has 1 heterocycles. The van der Waals surface area contributed by atoms with Gasteiger partial charge in [-0.05, 0) is 43.9 Å². The van der Waals surface area contributed by atoms with Gasteiger partial charge in [-0.15, -0.1) is 0 Å². The Labute approximate surface area is 179 Å². The second kappa shape index (κ2) is 10.7. The van der Waals surface area contributed by atoms with Crippen LogP contribution in [0.2, 0.25) is 0 Å². The van der Waals surface area contributed by atoms with Gasteiger partial charge < -0.3 is 10.2 Å². The summed E-state index contributed by atoms with van der Waals surface area (Å²) in [6.45, 7) is 5.99. The molecule has 1 aliphatic heterocycles. The molecule has 0 atom stereocenters. The van der Waals surface area contributed by atoms with Crippen LogP contribution in [0.25, 0.3) is 0 Å². The standard InChI is InChI=1S/C23H31N3O3S/c1-19-5-11-22(12-6-19)30(28,29)25-14-13-23(27)24-17-20-7-9-21(10-8-20)18-26-15-3-2-4-16-26/h5-12,25H,2-4,13-18H2,1H3,(H,24,27)/p+1. The molecule has 0 bridgehead atoms. The van der Waals surface area contributed by atoms with E-state index in [1.807, 2.05) is 6.92 Å². The van der Waals surface area contributed by atoms with E-state index in [1.54, 1.807) is 29.2 Å². The maximum absolute atomic E-state index is 12.2. The summed E-state index contributed by atoms with van der Waals surface area (Å²) in [7, 11) is -3.59. The summed E-state index contributed by atoms with van der Waals surface area (Å²) in [6, 6.07) is 15.0. The van der Waals surface area contributed by atoms with Crippen molar-refractivity contribution in [2.24, 2.45) is 0 Å². The van der Waals surface area contributed by atoms with E-state index in [2.05, 4.69) is 34.3 Å². The Kier molecular flexibility index (Phi) is 8.01. The Balaban J connectivity index is 1.38. The third-order valence-corrected chi connectivity index (χ3v) is 6.98. The van der Waals surface area contributed by atoms with Crippen LogP contribution < -0.4 is 14.9 Å². The van der Waals surface area contributed by atoms with Crippen molar-refractivity contribution in [1.82, 2.24) is 10.0 Å². The highest BCUT2D eigenvalue weighted by Crippen LogP contribution is 2.09. The summed E-state index contributed by atoms with van der Waals surface area (Å²) < 4.78 is 26.9. The third kappa shape index (κ3) is 6.93. The van der Waals surface area contributed by atoms with Crippen LogP contribution in [0.4, 0.5) is 0 Å². The first-order chi connectivity index (χ1) is 14.4. The van der Waals surface area contributed by atoms with Crippen molar-refractivity contribution < 1.29 is 18.1 Å². The number of aryl methyl sites for hydroxylation is 1. The van der Waals surface area contributed by atoms with Crippen molar-refractivity contribution in [2.45, 2.75) is 50.6 Å². The molecule has 30 heavy (non-hydrogen) atoms. The lowest BCUT2D eigenvalue weighted by Gasteiger charge is -2.23. The predicted molar refractivity (Wildman–Crippen MR) is 118 cm³/mol. The molecular formula is C23H32N3O3S+. The molecule has 0 spiro atoms. The average Bonchev–Trinajstić information content (AvgIpc) is 2.74. The zero-order valence-electron chi connectivity index (χ0n) is 17.6. The number of hydrogen-bond acceptors (Lipinski definition) is 3. The molecule has 0 aliphatic carbocycles. The largest absolute Gasteiger partial charge is 0.352 e. The van der Waals surface area contributed by atoms with Gasteiger partial charge in [-0.3, -0.25) is 4.79 Å². The molecule has 1 fully saturated rings. The minimum absolute atomic E-state index is 0.0690. The van der Waals surface area contributed by atoms with E-state index >= 15 is 0 Å². The Bertz CT molecular complexity index is 919. The van der Waals surface area contributed by atoms with Gasteiger partial charge in [0.05, 0.1) is 18.0 Å². The minimum atomic E-state index is -3.59. The van der Waals surface area contributed by atoms with Gasteiger partial charge in [0.2, 0.25) is 15.9 Å². The van der Waals surface area contributed by atoms with Crippen molar-refractivity contribution >= 4 is 15.9 Å². The Morgan fingerprint density at radius 3 is 2.23 bits per heavy atom. The molecule has 7 heteroatoms. The van der Waals surface area contributed by atoms with Gasteiger partial charge in [0.15, 0.2) is 0 Å². The van der Waals surface area contributed by atoms with Gasteiger partial charge in [0.25, 0.3) is 0 Å². The fourth-order valence-electron chi connectivity index (χ4n) is 3.68. The van der Waals surface area contributed by atoms with Gasteiger partial charge in [-0.2, -0.15) is 0 Å². The van der Waals surface area contributed by atoms with E-state index in [-0.39, 0.29) is 23.8 Å². The topological polar surface area (TPSA) is 79.7 Å². The zero-order valence-corrected chi connectivity index (χ0v) is 18.4. The molecule has 3 rings (SSSR count). The van der Waals surface area contributed by atoms with E-state index in [0.29, 0.717) is 6.54 Å². The van der Waals surface area contributed by atoms with E-state index in [1.165, 1.54) is 37.9 Å². The fourth-order valence-corrected chi connectivity index (χ4v) is 4.71. The highest BCUT2D eigenvalue weighted by Gasteiger charge is 2.15. The molecule has 2 aromatic carbocycles. The highest BCUT2D eigenvalue weighted by atomic mass is 32.2. The van der Waals surface area contributed by atoms with E-state index in [0.717, 1.165) is 17.7 Å². The van der Waals surface area contributed by atoms with Crippen molar-refractivity contribution in [1.29, 1.82) is 0 Å². The molecule has 6 nitrogen and oxygen atoms in total. The first-order valence-electron chi connectivity index (χ1n) is 10.7. The fraction of sp³-hybridized carbons (Fsp3) is 0.435. The highest BCUT2D eigenvalue weighted by molar-refractivity contribution is 7.89. The maximum Gasteiger partial charge on any atom is 0.240 e. The van der Waals surface area contributed by atoms with Crippen molar-refractivity contribution in [3.05, 3.63) is 65.2 Å². The number of sulfonamides is 1. The van der Waals surface area contributed by atoms with Crippen molar-refractivity contribution in [3.8, 4) is 0 Å². The number of rotatable bonds is 9. The first-order valence-corrected chi connectivity index (χ1v) is 12.2. The third-order valence-electron chi connectivity index (χ3n) is 5.50. The number of benzene rings is 2. The van der Waals surface area contributed by atoms with Gasteiger partial charge in [-0.1, -0.05) is 42.0 Å². The van der Waals surface area contributed by atoms with Crippen LogP contribution >= 0.6 is 0 Å². The van der Waals surface area contributed by atoms with Gasteiger partial charge in [-0.25, -0.2) is 13.1 Å². The molecule has 162 valence electrons. The van der Waals surface area contributed by atoms with Crippen LogP contribution in [-0.4, -0.2) is 34.0 Å². The lowest BCUT2D eigenvalue weighted by atomic mass is 10.1. The smallest absolute Gasteiger partial charge is 0.240 e. The SMILES string of the molecule is Cc1ccc(S(=O)(=O)NCCC(=O)NCc2ccc(C[NH+]3CCCCC3)cc2)cc1. The number of likely N-dealkylation sites (tertiary alicyclic amines) is 1. The molecule has 0 unspecified atom stereocenters. The molecular weight excluding hydrogens is 398 g/mol. The van der Waals surface area contributed by atoms with Gasteiger partial charge in [0, 0.05) is 25.1 Å². The molecule has 0 radical (unpaired) electrons. The molecule has 2 aromatic rings. The molecule has 1 amide bonds. The number of nitrogens with one attached hydrogen (secondary N) is 3. The minimum Gasteiger partial charge on any atom is -0.352 e. The van der Waals surface area contributed by atoms with Crippen LogP contribution in [0.1, 0.15) is 42.4 Å². The zero-order chi connectivity index (χ0) is 21.4. The molecule has 0 aromatic heterocycles. The summed E-state index contributed by atoms with van der Waals surface area (Å²) in [5.41, 5.74) is 3.36. The summed E-state index contributed by atoms with van der Waals surface area (Å²) in [5.74, 6) is -0.177. The number of amides is 1. The van der Waals surface area contributed by atoms with Crippen LogP contribution in [0.3, 0.4) is 0 Å². The normalized spacial score (nSPS) is 15.1. The van der Waals surface area contributed by atoms with Crippen LogP contribution in [-0.2, 0) is 27.9 Å². The van der Waals surface area contributed by atoms with E-state index in [9.17, 15) is 13.2 Å². The van der Waals surface area contributed by atoms with E-state index in [4.69, 9.17) is 0 Å². The predicted octanol–water partition coefficient (Wildman–Crippen LogP) is 1.55. The molecule has 1 aliphatic rings. The number of piperidine rings is 1. The summed E-state index contributed by atoms with van der Waals surface area (Å²) in [4.78, 5) is 13.9. The second-order valence-corrected chi connectivity index (χ2v) is 9.81. The Morgan fingerprint density at radius 2 is 1.57 bits per heavy atom. The molecule has 1 saturated heterocycles. The van der Waals surface area contributed by atoms with Crippen LogP contribution in [0.5, 0.6) is 0 Å². The Hall–Kier alpha value is -2.22. The van der Waals surface area contributed by atoms with Gasteiger partial charge >= 0.3 is 0 Å². The Morgan fingerprint density at radius 1 is 0.933 bits per heavy atom. The second-order valence-electron chi connectivity index (χ2n) is 8.04. The summed E-state index contributed by atoms with van der Waals surface area (Å²) in [6.07, 6.45) is 4.10. The number of carbonyl (C=O) groups excluding carboxylic acids is 1. The number of carbonyl (C=O) groups is 1. The average molecular weight is 431 g/mol. The molecule has 0 saturated carbocycles. The monoisotopic (exact) mass is 430 g/mol. The maximum atomic E-state index is 12.2. The van der Waals surface area contributed by atoms with Crippen LogP contribution in [0.15, 0.2) is 53.4 Å². The van der Waals surface area contributed by atoms with Gasteiger partial charge in [0.1, 0.15) is 6.54 Å².